The van der Waals surface area contributed by atoms with Gasteiger partial charge in [0.1, 0.15) is 11.3 Å². The van der Waals surface area contributed by atoms with Gasteiger partial charge in [-0.1, -0.05) is 6.07 Å². The van der Waals surface area contributed by atoms with Crippen LogP contribution < -0.4 is 5.73 Å². The third kappa shape index (κ3) is 2.14. The van der Waals surface area contributed by atoms with Crippen LogP contribution in [0.5, 0.6) is 0 Å². The van der Waals surface area contributed by atoms with Gasteiger partial charge in [0, 0.05) is 18.9 Å². The highest BCUT2D eigenvalue weighted by atomic mass is 19.2. The molecule has 2 atom stereocenters. The lowest BCUT2D eigenvalue weighted by molar-refractivity contribution is 0.0773. The van der Waals surface area contributed by atoms with Gasteiger partial charge < -0.3 is 15.0 Å². The van der Waals surface area contributed by atoms with Crippen molar-refractivity contribution in [3.05, 3.63) is 35.8 Å². The van der Waals surface area contributed by atoms with Crippen molar-refractivity contribution in [1.82, 2.24) is 14.3 Å². The zero-order chi connectivity index (χ0) is 14.3. The van der Waals surface area contributed by atoms with E-state index in [1.165, 1.54) is 0 Å². The number of fused-ring (bicyclic) bond motifs is 1. The van der Waals surface area contributed by atoms with Gasteiger partial charge in [-0.15, -0.1) is 0 Å². The first-order valence-corrected chi connectivity index (χ1v) is 6.33. The fourth-order valence-corrected chi connectivity index (χ4v) is 2.31. The number of carbonyl (C=O) groups is 1. The predicted molar refractivity (Wildman–Crippen MR) is 68.8 cm³/mol. The maximum absolute atomic E-state index is 13.1. The highest BCUT2D eigenvalue weighted by Crippen LogP contribution is 2.19. The molecule has 0 saturated carbocycles. The summed E-state index contributed by atoms with van der Waals surface area (Å²) in [4.78, 5) is 17.5. The Kier molecular flexibility index (Phi) is 3.13. The van der Waals surface area contributed by atoms with Crippen LogP contribution in [0, 0.1) is 0 Å². The molecule has 3 rings (SSSR count). The molecule has 1 aliphatic heterocycles. The van der Waals surface area contributed by atoms with Crippen LogP contribution in [0.25, 0.3) is 5.65 Å². The second-order valence-electron chi connectivity index (χ2n) is 4.88. The van der Waals surface area contributed by atoms with Gasteiger partial charge in [-0.2, -0.15) is 0 Å². The fourth-order valence-electron chi connectivity index (χ4n) is 2.31. The van der Waals surface area contributed by atoms with Gasteiger partial charge in [0.15, 0.2) is 12.3 Å². The molecule has 3 heterocycles. The van der Waals surface area contributed by atoms with Gasteiger partial charge >= 0.3 is 0 Å². The molecule has 0 spiro atoms. The van der Waals surface area contributed by atoms with Crippen molar-refractivity contribution in [2.75, 3.05) is 13.1 Å². The Morgan fingerprint density at radius 2 is 2.00 bits per heavy atom. The summed E-state index contributed by atoms with van der Waals surface area (Å²) in [7, 11) is 0. The second kappa shape index (κ2) is 4.82. The summed E-state index contributed by atoms with van der Waals surface area (Å²) in [6.07, 6.45) is 0.105. The standard InChI is InChI=1S/C13H14F2N4O/c14-9-5-19(6-10(9)15)13(20)11-7-18-4-8(3-16)1-2-12(18)17-11/h1-2,4,7,9-10H,3,5-6,16H2/t9-,10+. The normalized spacial score (nSPS) is 22.6. The molecule has 2 aromatic rings. The third-order valence-corrected chi connectivity index (χ3v) is 3.44. The first kappa shape index (κ1) is 13.0. The maximum Gasteiger partial charge on any atom is 0.274 e. The van der Waals surface area contributed by atoms with E-state index in [9.17, 15) is 13.6 Å². The molecule has 0 unspecified atom stereocenters. The van der Waals surface area contributed by atoms with Crippen molar-refractivity contribution in [3.63, 3.8) is 0 Å². The van der Waals surface area contributed by atoms with Crippen LogP contribution in [0.4, 0.5) is 8.78 Å². The summed E-state index contributed by atoms with van der Waals surface area (Å²) >= 11 is 0. The molecule has 1 aliphatic rings. The Hall–Kier alpha value is -2.02. The molecule has 0 radical (unpaired) electrons. The van der Waals surface area contributed by atoms with Gasteiger partial charge in [0.25, 0.3) is 5.91 Å². The predicted octanol–water partition coefficient (Wildman–Crippen LogP) is 0.925. The number of nitrogens with zero attached hydrogens (tertiary/aromatic N) is 3. The number of amides is 1. The number of pyridine rings is 1. The summed E-state index contributed by atoms with van der Waals surface area (Å²) < 4.78 is 28.0. The summed E-state index contributed by atoms with van der Waals surface area (Å²) in [5, 5.41) is 0. The minimum Gasteiger partial charge on any atom is -0.331 e. The highest BCUT2D eigenvalue weighted by molar-refractivity contribution is 5.93. The fraction of sp³-hybridized carbons (Fsp3) is 0.385. The van der Waals surface area contributed by atoms with E-state index in [-0.39, 0.29) is 18.8 Å². The number of halogens is 2. The lowest BCUT2D eigenvalue weighted by Crippen LogP contribution is -2.29. The number of carbonyl (C=O) groups excluding carboxylic acids is 1. The summed E-state index contributed by atoms with van der Waals surface area (Å²) in [5.74, 6) is -0.453. The molecule has 0 aliphatic carbocycles. The molecule has 2 aromatic heterocycles. The number of hydrogen-bond acceptors (Lipinski definition) is 3. The number of hydrogen-bond donors (Lipinski definition) is 1. The Morgan fingerprint density at radius 1 is 1.30 bits per heavy atom. The number of rotatable bonds is 2. The molecule has 7 heteroatoms. The Labute approximate surface area is 114 Å². The number of alkyl halides is 2. The quantitative estimate of drug-likeness (QED) is 0.890. The van der Waals surface area contributed by atoms with Crippen LogP contribution in [-0.2, 0) is 6.54 Å². The van der Waals surface area contributed by atoms with Crippen molar-refractivity contribution < 1.29 is 13.6 Å². The monoisotopic (exact) mass is 280 g/mol. The van der Waals surface area contributed by atoms with Crippen molar-refractivity contribution in [2.45, 2.75) is 18.9 Å². The average molecular weight is 280 g/mol. The van der Waals surface area contributed by atoms with E-state index >= 15 is 0 Å². The van der Waals surface area contributed by atoms with Gasteiger partial charge in [-0.25, -0.2) is 13.8 Å². The topological polar surface area (TPSA) is 63.6 Å². The average Bonchev–Trinajstić information content (AvgIpc) is 3.01. The first-order chi connectivity index (χ1) is 9.58. The molecule has 0 bridgehead atoms. The molecule has 2 N–H and O–H groups in total. The molecule has 0 aromatic carbocycles. The summed E-state index contributed by atoms with van der Waals surface area (Å²) in [6.45, 7) is -0.0551. The van der Waals surface area contributed by atoms with Crippen LogP contribution in [0.3, 0.4) is 0 Å². The van der Waals surface area contributed by atoms with Crippen LogP contribution in [-0.4, -0.2) is 45.6 Å². The van der Waals surface area contributed by atoms with E-state index in [2.05, 4.69) is 4.98 Å². The van der Waals surface area contributed by atoms with Crippen LogP contribution in [0.15, 0.2) is 24.5 Å². The molecule has 5 nitrogen and oxygen atoms in total. The van der Waals surface area contributed by atoms with Crippen molar-refractivity contribution in [3.8, 4) is 0 Å². The Morgan fingerprint density at radius 3 is 2.65 bits per heavy atom. The molecular weight excluding hydrogens is 266 g/mol. The number of likely N-dealkylation sites (tertiary alicyclic amines) is 1. The Bertz CT molecular complexity index is 647. The molecule has 106 valence electrons. The second-order valence-corrected chi connectivity index (χ2v) is 4.88. The van der Waals surface area contributed by atoms with Crippen molar-refractivity contribution in [1.29, 1.82) is 0 Å². The minimum absolute atomic E-state index is 0.181. The third-order valence-electron chi connectivity index (χ3n) is 3.44. The van der Waals surface area contributed by atoms with E-state index in [0.29, 0.717) is 12.2 Å². The van der Waals surface area contributed by atoms with E-state index < -0.39 is 18.3 Å². The van der Waals surface area contributed by atoms with Gasteiger partial charge in [0.05, 0.1) is 13.1 Å². The highest BCUT2D eigenvalue weighted by Gasteiger charge is 2.36. The Balaban J connectivity index is 1.88. The van der Waals surface area contributed by atoms with Crippen LogP contribution in [0.1, 0.15) is 16.1 Å². The number of nitrogens with two attached hydrogens (primary N) is 1. The number of aromatic nitrogens is 2. The van der Waals surface area contributed by atoms with Gasteiger partial charge in [0.2, 0.25) is 0 Å². The number of imidazole rings is 1. The van der Waals surface area contributed by atoms with Crippen molar-refractivity contribution >= 4 is 11.6 Å². The zero-order valence-electron chi connectivity index (χ0n) is 10.7. The maximum atomic E-state index is 13.1. The molecular formula is C13H14F2N4O. The minimum atomic E-state index is -1.61. The molecule has 1 fully saturated rings. The van der Waals surface area contributed by atoms with E-state index in [1.807, 2.05) is 6.07 Å². The smallest absolute Gasteiger partial charge is 0.274 e. The lowest BCUT2D eigenvalue weighted by Gasteiger charge is -2.12. The van der Waals surface area contributed by atoms with Crippen LogP contribution >= 0.6 is 0 Å². The zero-order valence-corrected chi connectivity index (χ0v) is 10.7. The van der Waals surface area contributed by atoms with Crippen LogP contribution in [0.2, 0.25) is 0 Å². The molecule has 1 saturated heterocycles. The SMILES string of the molecule is NCc1ccc2nc(C(=O)N3C[C@@H](F)[C@@H](F)C3)cn2c1. The van der Waals surface area contributed by atoms with E-state index in [4.69, 9.17) is 5.73 Å². The molecule has 20 heavy (non-hydrogen) atoms. The summed E-state index contributed by atoms with van der Waals surface area (Å²) in [6, 6.07) is 3.57. The van der Waals surface area contributed by atoms with Gasteiger partial charge in [-0.3, -0.25) is 4.79 Å². The van der Waals surface area contributed by atoms with E-state index in [1.54, 1.807) is 22.9 Å². The lowest BCUT2D eigenvalue weighted by atomic mass is 10.3. The molecule has 1 amide bonds. The first-order valence-electron chi connectivity index (χ1n) is 6.33. The van der Waals surface area contributed by atoms with Gasteiger partial charge in [-0.05, 0) is 11.6 Å². The van der Waals surface area contributed by atoms with Crippen molar-refractivity contribution in [2.24, 2.45) is 5.73 Å². The largest absolute Gasteiger partial charge is 0.331 e. The van der Waals surface area contributed by atoms with E-state index in [0.717, 1.165) is 10.5 Å². The summed E-state index contributed by atoms with van der Waals surface area (Å²) in [5.41, 5.74) is 7.23.